The summed E-state index contributed by atoms with van der Waals surface area (Å²) in [5.41, 5.74) is 2.62. The van der Waals surface area contributed by atoms with Crippen molar-refractivity contribution in [2.24, 2.45) is 0 Å². The number of rotatable bonds is 7. The van der Waals surface area contributed by atoms with Gasteiger partial charge in [0.25, 0.3) is 17.7 Å². The Bertz CT molecular complexity index is 1420. The zero-order chi connectivity index (χ0) is 27.0. The lowest BCUT2D eigenvalue weighted by molar-refractivity contribution is -0.125. The average molecular weight is 514 g/mol. The van der Waals surface area contributed by atoms with Crippen molar-refractivity contribution in [2.75, 3.05) is 23.4 Å². The number of benzene rings is 3. The van der Waals surface area contributed by atoms with Crippen molar-refractivity contribution in [1.82, 2.24) is 4.90 Å². The van der Waals surface area contributed by atoms with E-state index < -0.39 is 29.9 Å². The summed E-state index contributed by atoms with van der Waals surface area (Å²) in [6.07, 6.45) is -0.718. The number of nitrogens with zero attached hydrogens (tertiary/aromatic N) is 2. The van der Waals surface area contributed by atoms with E-state index in [0.29, 0.717) is 23.7 Å². The lowest BCUT2D eigenvalue weighted by Crippen LogP contribution is -2.46. The molecule has 0 saturated heterocycles. The molecule has 9 nitrogen and oxygen atoms in total. The maximum Gasteiger partial charge on any atom is 0.267 e. The van der Waals surface area contributed by atoms with Crippen molar-refractivity contribution in [2.45, 2.75) is 32.9 Å². The number of carbonyl (C=O) groups excluding carboxylic acids is 4. The fourth-order valence-electron chi connectivity index (χ4n) is 4.60. The zero-order valence-electron chi connectivity index (χ0n) is 21.3. The monoisotopic (exact) mass is 513 g/mol. The molecule has 38 heavy (non-hydrogen) atoms. The second-order valence-electron chi connectivity index (χ2n) is 9.29. The number of carbonyl (C=O) groups is 4. The minimum absolute atomic E-state index is 0.193. The Hall–Kier alpha value is -4.66. The molecule has 2 aliphatic rings. The molecule has 2 heterocycles. The quantitative estimate of drug-likeness (QED) is 0.482. The van der Waals surface area contributed by atoms with Gasteiger partial charge in [0.1, 0.15) is 24.1 Å². The minimum Gasteiger partial charge on any atom is -0.492 e. The van der Waals surface area contributed by atoms with E-state index in [1.807, 2.05) is 31.2 Å². The Morgan fingerprint density at radius 1 is 1.00 bits per heavy atom. The van der Waals surface area contributed by atoms with Crippen molar-refractivity contribution >= 4 is 35.0 Å². The van der Waals surface area contributed by atoms with Crippen LogP contribution in [0.3, 0.4) is 0 Å². The van der Waals surface area contributed by atoms with Crippen LogP contribution in [0.1, 0.15) is 40.1 Å². The third kappa shape index (κ3) is 4.58. The highest BCUT2D eigenvalue weighted by atomic mass is 16.5. The Morgan fingerprint density at radius 2 is 1.71 bits per heavy atom. The van der Waals surface area contributed by atoms with Gasteiger partial charge in [-0.15, -0.1) is 0 Å². The smallest absolute Gasteiger partial charge is 0.267 e. The maximum absolute atomic E-state index is 13.0. The molecule has 5 rings (SSSR count). The second-order valence-corrected chi connectivity index (χ2v) is 9.29. The number of nitrogens with one attached hydrogen (secondary N) is 1. The minimum atomic E-state index is -1.03. The van der Waals surface area contributed by atoms with Crippen LogP contribution in [0.4, 0.5) is 11.4 Å². The van der Waals surface area contributed by atoms with Crippen LogP contribution in [-0.4, -0.2) is 53.8 Å². The third-order valence-corrected chi connectivity index (χ3v) is 6.60. The zero-order valence-corrected chi connectivity index (χ0v) is 21.3. The number of imide groups is 1. The molecule has 3 aromatic rings. The molecule has 4 amide bonds. The molecule has 0 aromatic heterocycles. The summed E-state index contributed by atoms with van der Waals surface area (Å²) >= 11 is 0. The van der Waals surface area contributed by atoms with Gasteiger partial charge in [-0.2, -0.15) is 0 Å². The van der Waals surface area contributed by atoms with Crippen LogP contribution < -0.4 is 19.7 Å². The molecular weight excluding hydrogens is 486 g/mol. The molecule has 3 aromatic carbocycles. The van der Waals surface area contributed by atoms with E-state index in [1.165, 1.54) is 6.92 Å². The highest BCUT2D eigenvalue weighted by Crippen LogP contribution is 2.36. The molecule has 0 spiro atoms. The summed E-state index contributed by atoms with van der Waals surface area (Å²) in [6, 6.07) is 18.1. The Labute approximate surface area is 219 Å². The van der Waals surface area contributed by atoms with Gasteiger partial charge < -0.3 is 19.7 Å². The summed E-state index contributed by atoms with van der Waals surface area (Å²) in [6.45, 7) is 5.75. The number of aryl methyl sites for hydroxylation is 1. The first kappa shape index (κ1) is 25.0. The van der Waals surface area contributed by atoms with E-state index in [2.05, 4.69) is 5.32 Å². The number of fused-ring (bicyclic) bond motifs is 2. The predicted molar refractivity (Wildman–Crippen MR) is 141 cm³/mol. The highest BCUT2D eigenvalue weighted by Gasteiger charge is 2.40. The molecule has 0 saturated carbocycles. The molecule has 2 unspecified atom stereocenters. The van der Waals surface area contributed by atoms with Gasteiger partial charge in [-0.25, -0.2) is 0 Å². The molecule has 194 valence electrons. The summed E-state index contributed by atoms with van der Waals surface area (Å²) in [5.74, 6) is -0.567. The molecule has 9 heteroatoms. The van der Waals surface area contributed by atoms with Crippen LogP contribution in [0, 0.1) is 6.92 Å². The lowest BCUT2D eigenvalue weighted by Gasteiger charge is -2.33. The molecule has 2 aliphatic heterocycles. The van der Waals surface area contributed by atoms with E-state index >= 15 is 0 Å². The van der Waals surface area contributed by atoms with Crippen LogP contribution in [0.25, 0.3) is 0 Å². The van der Waals surface area contributed by atoms with Crippen LogP contribution in [0.15, 0.2) is 66.7 Å². The van der Waals surface area contributed by atoms with Crippen molar-refractivity contribution in [3.63, 3.8) is 0 Å². The van der Waals surface area contributed by atoms with Crippen LogP contribution in [0.2, 0.25) is 0 Å². The third-order valence-electron chi connectivity index (χ3n) is 6.60. The number of amides is 4. The van der Waals surface area contributed by atoms with Gasteiger partial charge >= 0.3 is 0 Å². The van der Waals surface area contributed by atoms with E-state index in [-0.39, 0.29) is 23.6 Å². The van der Waals surface area contributed by atoms with Gasteiger partial charge in [0.15, 0.2) is 6.10 Å². The summed E-state index contributed by atoms with van der Waals surface area (Å²) in [5, 5.41) is 2.75. The molecule has 2 atom stereocenters. The molecular formula is C29H27N3O6. The average Bonchev–Trinajstić information content (AvgIpc) is 3.15. The van der Waals surface area contributed by atoms with Crippen LogP contribution in [-0.2, 0) is 9.59 Å². The number of hydrogen-bond donors (Lipinski definition) is 1. The SMILES string of the molecule is Cc1cccc(OCCN2C(=O)C(C)Oc3cc(NC(=O)C(C)N4C(=O)c5ccccc5C4=O)ccc32)c1. The van der Waals surface area contributed by atoms with E-state index in [4.69, 9.17) is 9.47 Å². The van der Waals surface area contributed by atoms with E-state index in [0.717, 1.165) is 16.2 Å². The second kappa shape index (κ2) is 10.0. The van der Waals surface area contributed by atoms with Crippen molar-refractivity contribution in [3.05, 3.63) is 83.4 Å². The Morgan fingerprint density at radius 3 is 2.39 bits per heavy atom. The molecule has 0 radical (unpaired) electrons. The summed E-state index contributed by atoms with van der Waals surface area (Å²) in [4.78, 5) is 53.9. The van der Waals surface area contributed by atoms with Gasteiger partial charge in [-0.05, 0) is 62.7 Å². The first-order chi connectivity index (χ1) is 18.2. The van der Waals surface area contributed by atoms with Crippen molar-refractivity contribution < 1.29 is 28.7 Å². The van der Waals surface area contributed by atoms with Gasteiger partial charge in [-0.1, -0.05) is 24.3 Å². The fraction of sp³-hybridized carbons (Fsp3) is 0.241. The van der Waals surface area contributed by atoms with Crippen molar-refractivity contribution in [1.29, 1.82) is 0 Å². The Kier molecular flexibility index (Phi) is 6.59. The topological polar surface area (TPSA) is 105 Å². The number of hydrogen-bond acceptors (Lipinski definition) is 6. The molecule has 0 bridgehead atoms. The molecule has 0 aliphatic carbocycles. The fourth-order valence-corrected chi connectivity index (χ4v) is 4.60. The standard InChI is InChI=1S/C29H27N3O6/c1-17-7-6-8-21(15-17)37-14-13-31-24-12-11-20(16-25(24)38-19(3)27(31)34)30-26(33)18(2)32-28(35)22-9-4-5-10-23(22)29(32)36/h4-12,15-16,18-19H,13-14H2,1-3H3,(H,30,33). The van der Waals surface area contributed by atoms with Gasteiger partial charge in [0.2, 0.25) is 5.91 Å². The predicted octanol–water partition coefficient (Wildman–Crippen LogP) is 3.81. The Balaban J connectivity index is 1.28. The molecule has 1 N–H and O–H groups in total. The summed E-state index contributed by atoms with van der Waals surface area (Å²) in [7, 11) is 0. The highest BCUT2D eigenvalue weighted by molar-refractivity contribution is 6.23. The van der Waals surface area contributed by atoms with Crippen molar-refractivity contribution in [3.8, 4) is 11.5 Å². The van der Waals surface area contributed by atoms with E-state index in [9.17, 15) is 19.2 Å². The maximum atomic E-state index is 13.0. The lowest BCUT2D eigenvalue weighted by atomic mass is 10.1. The van der Waals surface area contributed by atoms with Gasteiger partial charge in [-0.3, -0.25) is 24.1 Å². The largest absolute Gasteiger partial charge is 0.492 e. The first-order valence-electron chi connectivity index (χ1n) is 12.3. The van der Waals surface area contributed by atoms with Gasteiger partial charge in [0, 0.05) is 11.8 Å². The van der Waals surface area contributed by atoms with E-state index in [1.54, 1.807) is 54.3 Å². The number of ether oxygens (including phenoxy) is 2. The van der Waals surface area contributed by atoms with Gasteiger partial charge in [0.05, 0.1) is 23.4 Å². The number of anilines is 2. The van der Waals surface area contributed by atoms with Crippen LogP contribution >= 0.6 is 0 Å². The molecule has 0 fully saturated rings. The van der Waals surface area contributed by atoms with Crippen LogP contribution in [0.5, 0.6) is 11.5 Å². The first-order valence-corrected chi connectivity index (χ1v) is 12.3. The summed E-state index contributed by atoms with van der Waals surface area (Å²) < 4.78 is 11.6. The normalized spacial score (nSPS) is 17.0.